The highest BCUT2D eigenvalue weighted by molar-refractivity contribution is 6.30. The van der Waals surface area contributed by atoms with Crippen molar-refractivity contribution in [2.24, 2.45) is 0 Å². The van der Waals surface area contributed by atoms with Crippen LogP contribution in [-0.4, -0.2) is 11.0 Å². The van der Waals surface area contributed by atoms with Crippen LogP contribution in [0.15, 0.2) is 24.3 Å². The summed E-state index contributed by atoms with van der Waals surface area (Å²) in [6.07, 6.45) is -1.80. The quantitative estimate of drug-likeness (QED) is 0.789. The first kappa shape index (κ1) is 10.4. The second-order valence-corrected chi connectivity index (χ2v) is 3.35. The van der Waals surface area contributed by atoms with Crippen LogP contribution in [0.3, 0.4) is 0 Å². The van der Waals surface area contributed by atoms with Gasteiger partial charge in [0.2, 0.25) is 0 Å². The third-order valence-electron chi connectivity index (χ3n) is 1.64. The summed E-state index contributed by atoms with van der Waals surface area (Å²) >= 11 is 5.58. The number of aliphatic hydroxyl groups is 1. The van der Waals surface area contributed by atoms with Crippen molar-refractivity contribution in [2.45, 2.75) is 19.0 Å². The zero-order valence-corrected chi connectivity index (χ0v) is 7.72. The largest absolute Gasteiger partial charge is 0.382 e. The molecule has 0 aliphatic rings. The Morgan fingerprint density at radius 1 is 1.46 bits per heavy atom. The SMILES string of the molecule is CC(F)(F)C(O)c1cccc(Cl)c1. The Hall–Kier alpha value is -0.670. The summed E-state index contributed by atoms with van der Waals surface area (Å²) in [6.45, 7) is 0.665. The topological polar surface area (TPSA) is 20.2 Å². The van der Waals surface area contributed by atoms with E-state index in [0.717, 1.165) is 0 Å². The lowest BCUT2D eigenvalue weighted by molar-refractivity contribution is -0.0954. The second kappa shape index (κ2) is 3.60. The summed E-state index contributed by atoms with van der Waals surface area (Å²) in [5, 5.41) is 9.51. The van der Waals surface area contributed by atoms with Crippen molar-refractivity contribution in [2.75, 3.05) is 0 Å². The molecule has 1 N–H and O–H groups in total. The van der Waals surface area contributed by atoms with E-state index in [1.807, 2.05) is 0 Å². The van der Waals surface area contributed by atoms with Gasteiger partial charge in [-0.1, -0.05) is 23.7 Å². The first-order valence-electron chi connectivity index (χ1n) is 3.72. The molecule has 72 valence electrons. The van der Waals surface area contributed by atoms with Gasteiger partial charge in [-0.25, -0.2) is 8.78 Å². The maximum absolute atomic E-state index is 12.6. The molecule has 0 spiro atoms. The summed E-state index contributed by atoms with van der Waals surface area (Å²) in [5.74, 6) is -3.15. The van der Waals surface area contributed by atoms with Crippen LogP contribution in [0.25, 0.3) is 0 Å². The van der Waals surface area contributed by atoms with Gasteiger partial charge in [-0.15, -0.1) is 0 Å². The van der Waals surface area contributed by atoms with Crippen LogP contribution < -0.4 is 0 Å². The molecule has 1 nitrogen and oxygen atoms in total. The molecule has 1 aromatic rings. The molecule has 0 aliphatic heterocycles. The van der Waals surface area contributed by atoms with E-state index in [1.54, 1.807) is 6.07 Å². The minimum atomic E-state index is -3.15. The van der Waals surface area contributed by atoms with Crippen LogP contribution in [0.2, 0.25) is 5.02 Å². The summed E-state index contributed by atoms with van der Waals surface area (Å²) in [6, 6.07) is 5.82. The molecule has 4 heteroatoms. The Bertz CT molecular complexity index is 296. The molecule has 0 saturated heterocycles. The van der Waals surface area contributed by atoms with Crippen molar-refractivity contribution in [1.82, 2.24) is 0 Å². The molecule has 1 rings (SSSR count). The number of halogens is 3. The van der Waals surface area contributed by atoms with E-state index in [2.05, 4.69) is 0 Å². The molecular weight excluding hydrogens is 198 g/mol. The van der Waals surface area contributed by atoms with E-state index in [9.17, 15) is 13.9 Å². The summed E-state index contributed by atoms with van der Waals surface area (Å²) in [4.78, 5) is 0. The monoisotopic (exact) mass is 206 g/mol. The lowest BCUT2D eigenvalue weighted by Crippen LogP contribution is -2.21. The molecule has 0 saturated carbocycles. The van der Waals surface area contributed by atoms with E-state index in [0.29, 0.717) is 11.9 Å². The van der Waals surface area contributed by atoms with E-state index >= 15 is 0 Å². The molecule has 0 aliphatic carbocycles. The number of alkyl halides is 2. The molecule has 1 aromatic carbocycles. The minimum Gasteiger partial charge on any atom is -0.382 e. The van der Waals surface area contributed by atoms with Crippen LogP contribution in [0.1, 0.15) is 18.6 Å². The maximum atomic E-state index is 12.6. The molecule has 0 bridgehead atoms. The first-order valence-corrected chi connectivity index (χ1v) is 4.10. The van der Waals surface area contributed by atoms with Gasteiger partial charge in [-0.05, 0) is 17.7 Å². The van der Waals surface area contributed by atoms with Gasteiger partial charge in [0.15, 0.2) is 0 Å². The van der Waals surface area contributed by atoms with Gasteiger partial charge in [0.25, 0.3) is 5.92 Å². The van der Waals surface area contributed by atoms with Crippen molar-refractivity contribution in [1.29, 1.82) is 0 Å². The van der Waals surface area contributed by atoms with E-state index in [1.165, 1.54) is 18.2 Å². The summed E-state index contributed by atoms with van der Waals surface area (Å²) in [5.41, 5.74) is 0.125. The normalized spacial score (nSPS) is 14.2. The van der Waals surface area contributed by atoms with Gasteiger partial charge >= 0.3 is 0 Å². The molecule has 0 radical (unpaired) electrons. The van der Waals surface area contributed by atoms with Gasteiger partial charge in [-0.3, -0.25) is 0 Å². The highest BCUT2D eigenvalue weighted by Gasteiger charge is 2.33. The van der Waals surface area contributed by atoms with Gasteiger partial charge in [0.1, 0.15) is 6.10 Å². The van der Waals surface area contributed by atoms with Gasteiger partial charge in [0, 0.05) is 11.9 Å². The average Bonchev–Trinajstić information content (AvgIpc) is 2.01. The molecular formula is C9H9ClF2O. The Morgan fingerprint density at radius 3 is 2.54 bits per heavy atom. The Labute approximate surface area is 80.0 Å². The van der Waals surface area contributed by atoms with Gasteiger partial charge in [-0.2, -0.15) is 0 Å². The molecule has 0 aromatic heterocycles. The molecule has 13 heavy (non-hydrogen) atoms. The molecule has 1 atom stereocenters. The van der Waals surface area contributed by atoms with Crippen LogP contribution in [0.5, 0.6) is 0 Å². The molecule has 0 fully saturated rings. The van der Waals surface area contributed by atoms with E-state index in [4.69, 9.17) is 11.6 Å². The fraction of sp³-hybridized carbons (Fsp3) is 0.333. The van der Waals surface area contributed by atoms with Crippen LogP contribution in [0.4, 0.5) is 8.78 Å². The number of rotatable bonds is 2. The van der Waals surface area contributed by atoms with Crippen molar-refractivity contribution in [3.05, 3.63) is 34.9 Å². The predicted molar refractivity (Wildman–Crippen MR) is 47.0 cm³/mol. The zero-order chi connectivity index (χ0) is 10.1. The maximum Gasteiger partial charge on any atom is 0.274 e. The van der Waals surface area contributed by atoms with Gasteiger partial charge < -0.3 is 5.11 Å². The van der Waals surface area contributed by atoms with Crippen molar-refractivity contribution in [3.63, 3.8) is 0 Å². The number of hydrogen-bond donors (Lipinski definition) is 1. The number of hydrogen-bond acceptors (Lipinski definition) is 1. The minimum absolute atomic E-state index is 0.125. The van der Waals surface area contributed by atoms with E-state index < -0.39 is 12.0 Å². The van der Waals surface area contributed by atoms with Crippen LogP contribution in [-0.2, 0) is 0 Å². The highest BCUT2D eigenvalue weighted by atomic mass is 35.5. The van der Waals surface area contributed by atoms with Gasteiger partial charge in [0.05, 0.1) is 0 Å². The lowest BCUT2D eigenvalue weighted by atomic mass is 10.1. The molecule has 1 unspecified atom stereocenters. The summed E-state index contributed by atoms with van der Waals surface area (Å²) in [7, 11) is 0. The second-order valence-electron chi connectivity index (χ2n) is 2.91. The standard InChI is InChI=1S/C9H9ClF2O/c1-9(11,12)8(13)6-3-2-4-7(10)5-6/h2-5,8,13H,1H3. The average molecular weight is 207 g/mol. The Balaban J connectivity index is 2.96. The van der Waals surface area contributed by atoms with Crippen molar-refractivity contribution < 1.29 is 13.9 Å². The highest BCUT2D eigenvalue weighted by Crippen LogP contribution is 2.31. The number of benzene rings is 1. The van der Waals surface area contributed by atoms with Crippen molar-refractivity contribution in [3.8, 4) is 0 Å². The Morgan fingerprint density at radius 2 is 2.08 bits per heavy atom. The smallest absolute Gasteiger partial charge is 0.274 e. The van der Waals surface area contributed by atoms with Crippen LogP contribution >= 0.6 is 11.6 Å². The van der Waals surface area contributed by atoms with E-state index in [-0.39, 0.29) is 5.56 Å². The fourth-order valence-corrected chi connectivity index (χ4v) is 1.17. The fourth-order valence-electron chi connectivity index (χ4n) is 0.969. The molecule has 0 heterocycles. The lowest BCUT2D eigenvalue weighted by Gasteiger charge is -2.18. The first-order chi connectivity index (χ1) is 5.91. The zero-order valence-electron chi connectivity index (χ0n) is 6.97. The van der Waals surface area contributed by atoms with Crippen molar-refractivity contribution >= 4 is 11.6 Å². The predicted octanol–water partition coefficient (Wildman–Crippen LogP) is 3.03. The Kier molecular flexibility index (Phi) is 2.88. The third kappa shape index (κ3) is 2.64. The summed E-state index contributed by atoms with van der Waals surface area (Å²) < 4.78 is 25.3. The third-order valence-corrected chi connectivity index (χ3v) is 1.88. The number of aliphatic hydroxyl groups excluding tert-OH is 1. The molecule has 0 amide bonds. The van der Waals surface area contributed by atoms with Crippen LogP contribution in [0, 0.1) is 0 Å².